The molecule has 0 spiro atoms. The monoisotopic (exact) mass is 276 g/mol. The van der Waals surface area contributed by atoms with Crippen LogP contribution in [0.5, 0.6) is 0 Å². The third kappa shape index (κ3) is 4.47. The summed E-state index contributed by atoms with van der Waals surface area (Å²) in [5, 5.41) is 1.09. The molecule has 0 amide bonds. The minimum absolute atomic E-state index is 0.128. The molecule has 0 aliphatic rings. The SMILES string of the molecule is CCC(C)SCC(NN)c1cc(F)ccc1Cl. The van der Waals surface area contributed by atoms with Crippen LogP contribution in [0.4, 0.5) is 4.39 Å². The second-order valence-corrected chi connectivity index (χ2v) is 5.82. The van der Waals surface area contributed by atoms with E-state index in [0.717, 1.165) is 12.2 Å². The average molecular weight is 277 g/mol. The van der Waals surface area contributed by atoms with E-state index in [0.29, 0.717) is 15.8 Å². The van der Waals surface area contributed by atoms with Gasteiger partial charge in [-0.05, 0) is 30.2 Å². The van der Waals surface area contributed by atoms with Gasteiger partial charge in [-0.2, -0.15) is 11.8 Å². The van der Waals surface area contributed by atoms with Crippen LogP contribution in [0.1, 0.15) is 31.9 Å². The molecule has 96 valence electrons. The summed E-state index contributed by atoms with van der Waals surface area (Å²) in [6.07, 6.45) is 1.10. The fourth-order valence-electron chi connectivity index (χ4n) is 1.39. The number of halogens is 2. The molecule has 2 nitrogen and oxygen atoms in total. The van der Waals surface area contributed by atoms with Crippen LogP contribution in [0.2, 0.25) is 5.02 Å². The highest BCUT2D eigenvalue weighted by Crippen LogP contribution is 2.27. The van der Waals surface area contributed by atoms with Gasteiger partial charge in [0.2, 0.25) is 0 Å². The lowest BCUT2D eigenvalue weighted by molar-refractivity contribution is 0.591. The maximum Gasteiger partial charge on any atom is 0.123 e. The molecular weight excluding hydrogens is 259 g/mol. The lowest BCUT2D eigenvalue weighted by Crippen LogP contribution is -2.30. The number of rotatable bonds is 6. The molecule has 1 aromatic carbocycles. The van der Waals surface area contributed by atoms with Crippen LogP contribution >= 0.6 is 23.4 Å². The number of nitrogens with one attached hydrogen (secondary N) is 1. The van der Waals surface area contributed by atoms with Crippen molar-refractivity contribution in [3.05, 3.63) is 34.6 Å². The number of hydrazine groups is 1. The molecule has 0 saturated carbocycles. The topological polar surface area (TPSA) is 38.0 Å². The third-order valence-electron chi connectivity index (χ3n) is 2.66. The quantitative estimate of drug-likeness (QED) is 0.617. The Morgan fingerprint density at radius 2 is 2.24 bits per heavy atom. The van der Waals surface area contributed by atoms with E-state index in [1.807, 2.05) is 0 Å². The largest absolute Gasteiger partial charge is 0.271 e. The normalized spacial score (nSPS) is 14.6. The van der Waals surface area contributed by atoms with Crippen molar-refractivity contribution in [2.75, 3.05) is 5.75 Å². The molecule has 0 aliphatic carbocycles. The highest BCUT2D eigenvalue weighted by molar-refractivity contribution is 7.99. The second kappa shape index (κ2) is 7.21. The number of benzene rings is 1. The predicted octanol–water partition coefficient (Wildman–Crippen LogP) is 3.52. The summed E-state index contributed by atoms with van der Waals surface area (Å²) in [6.45, 7) is 4.29. The van der Waals surface area contributed by atoms with Gasteiger partial charge in [0.05, 0.1) is 6.04 Å². The maximum absolute atomic E-state index is 13.2. The zero-order chi connectivity index (χ0) is 12.8. The zero-order valence-corrected chi connectivity index (χ0v) is 11.6. The van der Waals surface area contributed by atoms with Gasteiger partial charge in [-0.1, -0.05) is 25.4 Å². The Morgan fingerprint density at radius 1 is 1.53 bits per heavy atom. The van der Waals surface area contributed by atoms with Crippen LogP contribution in [0.3, 0.4) is 0 Å². The molecule has 3 N–H and O–H groups in total. The molecule has 0 bridgehead atoms. The molecular formula is C12H18ClFN2S. The molecule has 0 heterocycles. The molecule has 2 atom stereocenters. The van der Waals surface area contributed by atoms with E-state index in [2.05, 4.69) is 19.3 Å². The second-order valence-electron chi connectivity index (χ2n) is 3.94. The molecule has 0 radical (unpaired) electrons. The van der Waals surface area contributed by atoms with E-state index in [9.17, 15) is 4.39 Å². The van der Waals surface area contributed by atoms with Crippen molar-refractivity contribution in [3.8, 4) is 0 Å². The molecule has 5 heteroatoms. The van der Waals surface area contributed by atoms with Crippen LogP contribution in [0.15, 0.2) is 18.2 Å². The molecule has 1 rings (SSSR count). The minimum atomic E-state index is -0.293. The van der Waals surface area contributed by atoms with Gasteiger partial charge in [0.15, 0.2) is 0 Å². The van der Waals surface area contributed by atoms with Gasteiger partial charge in [0.25, 0.3) is 0 Å². The van der Waals surface area contributed by atoms with Crippen LogP contribution in [-0.2, 0) is 0 Å². The van der Waals surface area contributed by atoms with Crippen molar-refractivity contribution in [1.29, 1.82) is 0 Å². The molecule has 0 fully saturated rings. The van der Waals surface area contributed by atoms with Crippen molar-refractivity contribution in [2.45, 2.75) is 31.6 Å². The van der Waals surface area contributed by atoms with Crippen LogP contribution in [-0.4, -0.2) is 11.0 Å². The molecule has 0 aromatic heterocycles. The van der Waals surface area contributed by atoms with Crippen molar-refractivity contribution >= 4 is 23.4 Å². The number of nitrogens with two attached hydrogens (primary N) is 1. The van der Waals surface area contributed by atoms with Crippen molar-refractivity contribution in [3.63, 3.8) is 0 Å². The van der Waals surface area contributed by atoms with Gasteiger partial charge < -0.3 is 0 Å². The fraction of sp³-hybridized carbons (Fsp3) is 0.500. The van der Waals surface area contributed by atoms with Crippen molar-refractivity contribution in [1.82, 2.24) is 5.43 Å². The van der Waals surface area contributed by atoms with Gasteiger partial charge in [-0.15, -0.1) is 0 Å². The van der Waals surface area contributed by atoms with Gasteiger partial charge in [0.1, 0.15) is 5.82 Å². The first-order valence-corrected chi connectivity index (χ1v) is 7.03. The Balaban J connectivity index is 2.75. The highest BCUT2D eigenvalue weighted by atomic mass is 35.5. The Morgan fingerprint density at radius 3 is 2.82 bits per heavy atom. The van der Waals surface area contributed by atoms with Crippen LogP contribution in [0.25, 0.3) is 0 Å². The Hall–Kier alpha value is -0.290. The summed E-state index contributed by atoms with van der Waals surface area (Å²) in [6, 6.07) is 4.22. The summed E-state index contributed by atoms with van der Waals surface area (Å²) in [7, 11) is 0. The molecule has 1 aromatic rings. The summed E-state index contributed by atoms with van der Waals surface area (Å²) < 4.78 is 13.2. The van der Waals surface area contributed by atoms with Crippen LogP contribution in [0, 0.1) is 5.82 Å². The van der Waals surface area contributed by atoms with E-state index >= 15 is 0 Å². The van der Waals surface area contributed by atoms with Crippen molar-refractivity contribution < 1.29 is 4.39 Å². The number of thioether (sulfide) groups is 1. The van der Waals surface area contributed by atoms with E-state index in [1.165, 1.54) is 12.1 Å². The fourth-order valence-corrected chi connectivity index (χ4v) is 2.67. The smallest absolute Gasteiger partial charge is 0.123 e. The maximum atomic E-state index is 13.2. The standard InChI is InChI=1S/C12H18ClFN2S/c1-3-8(2)17-7-12(16-15)10-6-9(14)4-5-11(10)13/h4-6,8,12,16H,3,7,15H2,1-2H3. The number of hydrogen-bond acceptors (Lipinski definition) is 3. The molecule has 2 unspecified atom stereocenters. The zero-order valence-electron chi connectivity index (χ0n) is 10.0. The minimum Gasteiger partial charge on any atom is -0.271 e. The van der Waals surface area contributed by atoms with E-state index in [-0.39, 0.29) is 11.9 Å². The first-order chi connectivity index (χ1) is 8.08. The van der Waals surface area contributed by atoms with Gasteiger partial charge >= 0.3 is 0 Å². The predicted molar refractivity (Wildman–Crippen MR) is 73.7 cm³/mol. The molecule has 0 saturated heterocycles. The van der Waals surface area contributed by atoms with E-state index in [4.69, 9.17) is 17.4 Å². The third-order valence-corrected chi connectivity index (χ3v) is 4.43. The molecule has 0 aliphatic heterocycles. The lowest BCUT2D eigenvalue weighted by Gasteiger charge is -2.19. The van der Waals surface area contributed by atoms with E-state index in [1.54, 1.807) is 17.8 Å². The Kier molecular flexibility index (Phi) is 6.27. The lowest BCUT2D eigenvalue weighted by atomic mass is 10.1. The van der Waals surface area contributed by atoms with Gasteiger partial charge in [0, 0.05) is 16.0 Å². The first-order valence-electron chi connectivity index (χ1n) is 5.61. The van der Waals surface area contributed by atoms with Gasteiger partial charge in [-0.3, -0.25) is 11.3 Å². The highest BCUT2D eigenvalue weighted by Gasteiger charge is 2.15. The summed E-state index contributed by atoms with van der Waals surface area (Å²) in [5.41, 5.74) is 3.41. The van der Waals surface area contributed by atoms with Crippen molar-refractivity contribution in [2.24, 2.45) is 5.84 Å². The average Bonchev–Trinajstić information content (AvgIpc) is 2.33. The first kappa shape index (κ1) is 14.8. The van der Waals surface area contributed by atoms with E-state index < -0.39 is 0 Å². The summed E-state index contributed by atoms with van der Waals surface area (Å²) in [5.74, 6) is 5.99. The van der Waals surface area contributed by atoms with Crippen LogP contribution < -0.4 is 11.3 Å². The summed E-state index contributed by atoms with van der Waals surface area (Å²) >= 11 is 7.84. The molecule has 17 heavy (non-hydrogen) atoms. The van der Waals surface area contributed by atoms with Gasteiger partial charge in [-0.25, -0.2) is 4.39 Å². The summed E-state index contributed by atoms with van der Waals surface area (Å²) in [4.78, 5) is 0. The Labute approximate surface area is 111 Å². The number of hydrogen-bond donors (Lipinski definition) is 2. The Bertz CT molecular complexity index is 362.